The summed E-state index contributed by atoms with van der Waals surface area (Å²) in [5.41, 5.74) is 10.1. The lowest BCUT2D eigenvalue weighted by atomic mass is 9.79. The number of halogens is 2. The van der Waals surface area contributed by atoms with Crippen molar-refractivity contribution in [3.63, 3.8) is 0 Å². The number of benzene rings is 1. The van der Waals surface area contributed by atoms with Gasteiger partial charge in [0.2, 0.25) is 5.91 Å². The van der Waals surface area contributed by atoms with Gasteiger partial charge in [-0.3, -0.25) is 9.20 Å². The number of carbonyl (C=O) groups excluding carboxylic acids is 1. The van der Waals surface area contributed by atoms with Crippen molar-refractivity contribution in [3.8, 4) is 11.3 Å². The summed E-state index contributed by atoms with van der Waals surface area (Å²) in [5.74, 6) is 0.960. The molecule has 0 saturated heterocycles. The van der Waals surface area contributed by atoms with Crippen molar-refractivity contribution < 1.29 is 4.79 Å². The molecule has 0 spiro atoms. The highest BCUT2D eigenvalue weighted by Gasteiger charge is 2.28. The normalized spacial score (nSPS) is 19.7. The van der Waals surface area contributed by atoms with E-state index in [-0.39, 0.29) is 30.7 Å². The first kappa shape index (κ1) is 23.2. The first-order chi connectivity index (χ1) is 13.1. The lowest BCUT2D eigenvalue weighted by Crippen LogP contribution is -2.43. The van der Waals surface area contributed by atoms with E-state index in [9.17, 15) is 4.79 Å². The molecule has 29 heavy (non-hydrogen) atoms. The molecule has 2 heterocycles. The number of nitrogens with one attached hydrogen (secondary N) is 1. The molecule has 0 radical (unpaired) electrons. The van der Waals surface area contributed by atoms with Crippen molar-refractivity contribution >= 4 is 42.1 Å². The van der Waals surface area contributed by atoms with Gasteiger partial charge in [0.05, 0.1) is 11.7 Å². The van der Waals surface area contributed by atoms with Crippen LogP contribution in [0.3, 0.4) is 0 Å². The number of anilines is 1. The summed E-state index contributed by atoms with van der Waals surface area (Å²) < 4.78 is 2.05. The van der Waals surface area contributed by atoms with Crippen LogP contribution >= 0.6 is 24.8 Å². The molecule has 1 aliphatic rings. The van der Waals surface area contributed by atoms with Gasteiger partial charge in [0.25, 0.3) is 0 Å². The van der Waals surface area contributed by atoms with E-state index in [4.69, 9.17) is 5.73 Å². The van der Waals surface area contributed by atoms with Crippen LogP contribution in [0.1, 0.15) is 32.6 Å². The number of pyridine rings is 1. The molecule has 1 fully saturated rings. The zero-order valence-electron chi connectivity index (χ0n) is 16.5. The molecular weight excluding hydrogens is 407 g/mol. The Bertz CT molecular complexity index is 933. The first-order valence-corrected chi connectivity index (χ1v) is 9.71. The van der Waals surface area contributed by atoms with E-state index in [1.807, 2.05) is 47.0 Å². The zero-order chi connectivity index (χ0) is 18.8. The minimum absolute atomic E-state index is 0. The van der Waals surface area contributed by atoms with Gasteiger partial charge in [0.1, 0.15) is 5.65 Å². The van der Waals surface area contributed by atoms with E-state index in [1.54, 1.807) is 6.20 Å². The summed E-state index contributed by atoms with van der Waals surface area (Å²) in [6.07, 6.45) is 8.17. The maximum atomic E-state index is 12.5. The number of fused-ring (bicyclic) bond motifs is 1. The number of aromatic nitrogens is 2. The monoisotopic (exact) mass is 434 g/mol. The third-order valence-corrected chi connectivity index (χ3v) is 5.75. The Labute approximate surface area is 183 Å². The van der Waals surface area contributed by atoms with Gasteiger partial charge in [-0.1, -0.05) is 38.0 Å². The van der Waals surface area contributed by atoms with Crippen molar-refractivity contribution in [1.29, 1.82) is 0 Å². The van der Waals surface area contributed by atoms with Crippen LogP contribution in [0.2, 0.25) is 0 Å². The van der Waals surface area contributed by atoms with Crippen molar-refractivity contribution in [2.45, 2.75) is 38.6 Å². The topological polar surface area (TPSA) is 72.4 Å². The Morgan fingerprint density at radius 3 is 2.48 bits per heavy atom. The lowest BCUT2D eigenvalue weighted by molar-refractivity contribution is -0.118. The lowest BCUT2D eigenvalue weighted by Gasteiger charge is -2.29. The Hall–Kier alpha value is -2.08. The highest BCUT2D eigenvalue weighted by molar-refractivity contribution is 5.95. The standard InChI is InChI=1S/C22H26N4O.2ClH/c1-15-5-7-17(8-6-15)21(23)22(27)25-18-11-9-16(10-12-18)19-3-2-4-20-24-13-14-26(19)20;;/h2-4,9-15,17,21H,5-8,23H2,1H3,(H,25,27);2*1H/t15?,17?,21-;;/m0../s1. The molecule has 7 heteroatoms. The second kappa shape index (κ2) is 10.1. The molecular formula is C22H28Cl2N4O. The SMILES string of the molecule is CC1CCC([C@H](N)C(=O)Nc2ccc(-c3cccc4nccn34)cc2)CC1.Cl.Cl. The molecule has 1 aromatic carbocycles. The molecule has 1 amide bonds. The fraction of sp³-hybridized carbons (Fsp3) is 0.364. The van der Waals surface area contributed by atoms with Crippen LogP contribution in [0.25, 0.3) is 16.9 Å². The number of hydrogen-bond acceptors (Lipinski definition) is 3. The fourth-order valence-electron chi connectivity index (χ4n) is 3.99. The number of nitrogens with zero attached hydrogens (tertiary/aromatic N) is 2. The van der Waals surface area contributed by atoms with Crippen LogP contribution in [0.15, 0.2) is 54.9 Å². The van der Waals surface area contributed by atoms with Crippen molar-refractivity contribution in [2.75, 3.05) is 5.32 Å². The summed E-state index contributed by atoms with van der Waals surface area (Å²) in [4.78, 5) is 16.9. The third-order valence-electron chi connectivity index (χ3n) is 5.75. The van der Waals surface area contributed by atoms with Gasteiger partial charge >= 0.3 is 0 Å². The zero-order valence-corrected chi connectivity index (χ0v) is 18.1. The molecule has 0 aliphatic heterocycles. The number of imidazole rings is 1. The van der Waals surface area contributed by atoms with Crippen molar-refractivity contribution in [2.24, 2.45) is 17.6 Å². The average molecular weight is 435 g/mol. The van der Waals surface area contributed by atoms with Gasteiger partial charge in [-0.05, 0) is 54.5 Å². The molecule has 0 bridgehead atoms. The molecule has 1 saturated carbocycles. The number of nitrogens with two attached hydrogens (primary N) is 1. The predicted molar refractivity (Wildman–Crippen MR) is 123 cm³/mol. The number of amides is 1. The van der Waals surface area contributed by atoms with Crippen LogP contribution < -0.4 is 11.1 Å². The van der Waals surface area contributed by atoms with E-state index in [1.165, 1.54) is 12.8 Å². The van der Waals surface area contributed by atoms with Gasteiger partial charge in [-0.15, -0.1) is 24.8 Å². The van der Waals surface area contributed by atoms with Crippen molar-refractivity contribution in [1.82, 2.24) is 9.38 Å². The van der Waals surface area contributed by atoms with E-state index in [0.29, 0.717) is 5.92 Å². The predicted octanol–water partition coefficient (Wildman–Crippen LogP) is 4.94. The Morgan fingerprint density at radius 2 is 1.79 bits per heavy atom. The molecule has 1 aliphatic carbocycles. The average Bonchev–Trinajstić information content (AvgIpc) is 3.17. The van der Waals surface area contributed by atoms with Gasteiger partial charge in [-0.2, -0.15) is 0 Å². The second-order valence-electron chi connectivity index (χ2n) is 7.68. The summed E-state index contributed by atoms with van der Waals surface area (Å²) >= 11 is 0. The summed E-state index contributed by atoms with van der Waals surface area (Å²) in [5, 5.41) is 2.98. The summed E-state index contributed by atoms with van der Waals surface area (Å²) in [6, 6.07) is 13.5. The fourth-order valence-corrected chi connectivity index (χ4v) is 3.99. The molecule has 5 nitrogen and oxygen atoms in total. The molecule has 4 rings (SSSR count). The maximum absolute atomic E-state index is 12.5. The Morgan fingerprint density at radius 1 is 1.10 bits per heavy atom. The minimum atomic E-state index is -0.433. The van der Waals surface area contributed by atoms with Crippen LogP contribution in [0, 0.1) is 11.8 Å². The van der Waals surface area contributed by atoms with Crippen LogP contribution in [-0.2, 0) is 4.79 Å². The van der Waals surface area contributed by atoms with E-state index < -0.39 is 6.04 Å². The van der Waals surface area contributed by atoms with Crippen LogP contribution in [0.4, 0.5) is 5.69 Å². The van der Waals surface area contributed by atoms with Gasteiger partial charge in [0, 0.05) is 18.1 Å². The molecule has 156 valence electrons. The Kier molecular flexibility index (Phi) is 8.08. The molecule has 0 unspecified atom stereocenters. The van der Waals surface area contributed by atoms with E-state index in [2.05, 4.69) is 23.3 Å². The summed E-state index contributed by atoms with van der Waals surface area (Å²) in [6.45, 7) is 2.27. The largest absolute Gasteiger partial charge is 0.325 e. The van der Waals surface area contributed by atoms with E-state index >= 15 is 0 Å². The van der Waals surface area contributed by atoms with Gasteiger partial charge < -0.3 is 11.1 Å². The van der Waals surface area contributed by atoms with E-state index in [0.717, 1.165) is 41.4 Å². The molecule has 1 atom stereocenters. The summed E-state index contributed by atoms with van der Waals surface area (Å²) in [7, 11) is 0. The molecule has 2 aromatic heterocycles. The third kappa shape index (κ3) is 5.10. The maximum Gasteiger partial charge on any atom is 0.241 e. The quantitative estimate of drug-likeness (QED) is 0.610. The minimum Gasteiger partial charge on any atom is -0.325 e. The Balaban J connectivity index is 0.00000150. The number of hydrogen-bond donors (Lipinski definition) is 2. The van der Waals surface area contributed by atoms with Crippen molar-refractivity contribution in [3.05, 3.63) is 54.9 Å². The molecule has 3 aromatic rings. The van der Waals surface area contributed by atoms with Gasteiger partial charge in [-0.25, -0.2) is 4.98 Å². The highest BCUT2D eigenvalue weighted by atomic mass is 35.5. The number of rotatable bonds is 4. The van der Waals surface area contributed by atoms with Crippen LogP contribution in [-0.4, -0.2) is 21.3 Å². The van der Waals surface area contributed by atoms with Crippen LogP contribution in [0.5, 0.6) is 0 Å². The molecule has 3 N–H and O–H groups in total. The first-order valence-electron chi connectivity index (χ1n) is 9.71. The van der Waals surface area contributed by atoms with Gasteiger partial charge in [0.15, 0.2) is 0 Å². The highest BCUT2D eigenvalue weighted by Crippen LogP contribution is 2.30. The number of carbonyl (C=O) groups is 1. The smallest absolute Gasteiger partial charge is 0.241 e. The second-order valence-corrected chi connectivity index (χ2v) is 7.68.